The molecule has 0 unspecified atom stereocenters. The third-order valence-corrected chi connectivity index (χ3v) is 4.35. The van der Waals surface area contributed by atoms with Crippen molar-refractivity contribution in [1.82, 2.24) is 0 Å². The standard InChI is InChI=1S/C17H25BO3/c1-7-13(2)12-19-15-10-8-14(9-11-15)18-20-16(3,4)17(5,6)21-18/h8-11H,2,7,12H2,1,3-6H3. The Morgan fingerprint density at radius 3 is 2.10 bits per heavy atom. The average Bonchev–Trinajstić information content (AvgIpc) is 2.65. The van der Waals surface area contributed by atoms with Crippen LogP contribution in [0, 0.1) is 0 Å². The fourth-order valence-corrected chi connectivity index (χ4v) is 1.99. The zero-order valence-corrected chi connectivity index (χ0v) is 13.7. The third-order valence-electron chi connectivity index (χ3n) is 4.35. The average molecular weight is 288 g/mol. The van der Waals surface area contributed by atoms with Crippen molar-refractivity contribution < 1.29 is 14.0 Å². The molecule has 0 aliphatic carbocycles. The minimum absolute atomic E-state index is 0.314. The van der Waals surface area contributed by atoms with E-state index < -0.39 is 0 Å². The van der Waals surface area contributed by atoms with Crippen LogP contribution < -0.4 is 10.2 Å². The molecule has 1 aliphatic heterocycles. The summed E-state index contributed by atoms with van der Waals surface area (Å²) in [6.45, 7) is 14.8. The summed E-state index contributed by atoms with van der Waals surface area (Å²) in [5, 5.41) is 0. The first-order valence-corrected chi connectivity index (χ1v) is 7.50. The van der Waals surface area contributed by atoms with Crippen molar-refractivity contribution in [2.45, 2.75) is 52.2 Å². The van der Waals surface area contributed by atoms with E-state index in [9.17, 15) is 0 Å². The SMILES string of the molecule is C=C(CC)COc1ccc(B2OC(C)(C)C(C)(C)O2)cc1. The molecule has 0 atom stereocenters. The molecule has 1 saturated heterocycles. The van der Waals surface area contributed by atoms with Crippen LogP contribution in [0.5, 0.6) is 5.75 Å². The van der Waals surface area contributed by atoms with Crippen molar-refractivity contribution in [2.75, 3.05) is 6.61 Å². The second-order valence-electron chi connectivity index (χ2n) is 6.55. The quantitative estimate of drug-likeness (QED) is 0.614. The highest BCUT2D eigenvalue weighted by atomic mass is 16.7. The maximum Gasteiger partial charge on any atom is 0.494 e. The van der Waals surface area contributed by atoms with Gasteiger partial charge in [0.1, 0.15) is 12.4 Å². The monoisotopic (exact) mass is 288 g/mol. The summed E-state index contributed by atoms with van der Waals surface area (Å²) in [7, 11) is -0.324. The molecule has 1 heterocycles. The molecule has 0 radical (unpaired) electrons. The van der Waals surface area contributed by atoms with Gasteiger partial charge >= 0.3 is 7.12 Å². The fraction of sp³-hybridized carbons (Fsp3) is 0.529. The Labute approximate surface area is 128 Å². The lowest BCUT2D eigenvalue weighted by Crippen LogP contribution is -2.41. The highest BCUT2D eigenvalue weighted by molar-refractivity contribution is 6.62. The van der Waals surface area contributed by atoms with Gasteiger partial charge in [-0.25, -0.2) is 0 Å². The molecule has 0 aromatic heterocycles. The molecule has 0 N–H and O–H groups in total. The van der Waals surface area contributed by atoms with E-state index >= 15 is 0 Å². The lowest BCUT2D eigenvalue weighted by Gasteiger charge is -2.32. The molecular formula is C17H25BO3. The van der Waals surface area contributed by atoms with Crippen LogP contribution in [0.15, 0.2) is 36.4 Å². The van der Waals surface area contributed by atoms with Crippen molar-refractivity contribution in [1.29, 1.82) is 0 Å². The third kappa shape index (κ3) is 3.50. The van der Waals surface area contributed by atoms with Gasteiger partial charge in [0.15, 0.2) is 0 Å². The zero-order chi connectivity index (χ0) is 15.7. The van der Waals surface area contributed by atoms with Crippen LogP contribution in [0.2, 0.25) is 0 Å². The van der Waals surface area contributed by atoms with Crippen molar-refractivity contribution in [3.63, 3.8) is 0 Å². The normalized spacial score (nSPS) is 19.6. The highest BCUT2D eigenvalue weighted by Gasteiger charge is 2.51. The second kappa shape index (κ2) is 5.86. The number of benzene rings is 1. The van der Waals surface area contributed by atoms with Gasteiger partial charge < -0.3 is 14.0 Å². The smallest absolute Gasteiger partial charge is 0.489 e. The Bertz CT molecular complexity index is 489. The van der Waals surface area contributed by atoms with Gasteiger partial charge in [0.05, 0.1) is 11.2 Å². The predicted octanol–water partition coefficient (Wildman–Crippen LogP) is 3.33. The van der Waals surface area contributed by atoms with Gasteiger partial charge in [-0.15, -0.1) is 0 Å². The van der Waals surface area contributed by atoms with E-state index in [0.717, 1.165) is 23.2 Å². The minimum Gasteiger partial charge on any atom is -0.489 e. The lowest BCUT2D eigenvalue weighted by atomic mass is 9.79. The van der Waals surface area contributed by atoms with Gasteiger partial charge in [-0.3, -0.25) is 0 Å². The van der Waals surface area contributed by atoms with Gasteiger partial charge in [0.2, 0.25) is 0 Å². The van der Waals surface area contributed by atoms with E-state index in [1.807, 2.05) is 24.3 Å². The molecule has 0 amide bonds. The van der Waals surface area contributed by atoms with Gasteiger partial charge in [0, 0.05) is 0 Å². The van der Waals surface area contributed by atoms with E-state index in [2.05, 4.69) is 41.2 Å². The molecule has 1 aliphatic rings. The molecule has 1 aromatic rings. The van der Waals surface area contributed by atoms with Gasteiger partial charge in [-0.1, -0.05) is 25.6 Å². The van der Waals surface area contributed by atoms with Gasteiger partial charge in [0.25, 0.3) is 0 Å². The molecule has 0 bridgehead atoms. The zero-order valence-electron chi connectivity index (χ0n) is 13.7. The van der Waals surface area contributed by atoms with Crippen LogP contribution >= 0.6 is 0 Å². The Morgan fingerprint density at radius 1 is 1.10 bits per heavy atom. The van der Waals surface area contributed by atoms with Crippen LogP contribution in [-0.2, 0) is 9.31 Å². The van der Waals surface area contributed by atoms with Crippen LogP contribution in [0.1, 0.15) is 41.0 Å². The summed E-state index contributed by atoms with van der Waals surface area (Å²) >= 11 is 0. The van der Waals surface area contributed by atoms with E-state index in [-0.39, 0.29) is 18.3 Å². The van der Waals surface area contributed by atoms with Crippen molar-refractivity contribution in [3.05, 3.63) is 36.4 Å². The van der Waals surface area contributed by atoms with Gasteiger partial charge in [-0.2, -0.15) is 0 Å². The first kappa shape index (κ1) is 16.1. The molecule has 21 heavy (non-hydrogen) atoms. The van der Waals surface area contributed by atoms with Crippen LogP contribution in [-0.4, -0.2) is 24.9 Å². The Hall–Kier alpha value is -1.26. The second-order valence-corrected chi connectivity index (χ2v) is 6.55. The van der Waals surface area contributed by atoms with E-state index in [0.29, 0.717) is 6.61 Å². The number of hydrogen-bond donors (Lipinski definition) is 0. The van der Waals surface area contributed by atoms with E-state index in [4.69, 9.17) is 14.0 Å². The summed E-state index contributed by atoms with van der Waals surface area (Å²) in [6.07, 6.45) is 0.937. The van der Waals surface area contributed by atoms with E-state index in [1.54, 1.807) is 0 Å². The first-order chi connectivity index (χ1) is 9.75. The summed E-state index contributed by atoms with van der Waals surface area (Å²) < 4.78 is 17.7. The number of hydrogen-bond acceptors (Lipinski definition) is 3. The van der Waals surface area contributed by atoms with Crippen LogP contribution in [0.3, 0.4) is 0 Å². The van der Waals surface area contributed by atoms with Crippen molar-refractivity contribution in [3.8, 4) is 5.75 Å². The number of rotatable bonds is 5. The topological polar surface area (TPSA) is 27.7 Å². The summed E-state index contributed by atoms with van der Waals surface area (Å²) in [5.74, 6) is 0.838. The minimum atomic E-state index is -0.324. The van der Waals surface area contributed by atoms with Crippen molar-refractivity contribution >= 4 is 12.6 Å². The fourth-order valence-electron chi connectivity index (χ4n) is 1.99. The molecule has 0 spiro atoms. The Morgan fingerprint density at radius 2 is 1.62 bits per heavy atom. The molecule has 0 saturated carbocycles. The maximum absolute atomic E-state index is 6.03. The summed E-state index contributed by atoms with van der Waals surface area (Å²) in [5.41, 5.74) is 1.47. The van der Waals surface area contributed by atoms with E-state index in [1.165, 1.54) is 0 Å². The number of ether oxygens (including phenoxy) is 1. The van der Waals surface area contributed by atoms with Crippen LogP contribution in [0.4, 0.5) is 0 Å². The molecule has 114 valence electrons. The Kier molecular flexibility index (Phi) is 4.50. The lowest BCUT2D eigenvalue weighted by molar-refractivity contribution is 0.00578. The van der Waals surface area contributed by atoms with Crippen LogP contribution in [0.25, 0.3) is 0 Å². The molecule has 3 nitrogen and oxygen atoms in total. The molecule has 1 fully saturated rings. The summed E-state index contributed by atoms with van der Waals surface area (Å²) in [6, 6.07) is 7.88. The molecule has 4 heteroatoms. The molecule has 2 rings (SSSR count). The molecule has 1 aromatic carbocycles. The Balaban J connectivity index is 2.02. The van der Waals surface area contributed by atoms with Gasteiger partial charge in [-0.05, 0) is 57.3 Å². The molecular weight excluding hydrogens is 263 g/mol. The first-order valence-electron chi connectivity index (χ1n) is 7.50. The van der Waals surface area contributed by atoms with Crippen molar-refractivity contribution in [2.24, 2.45) is 0 Å². The largest absolute Gasteiger partial charge is 0.494 e. The predicted molar refractivity (Wildman–Crippen MR) is 87.1 cm³/mol. The highest BCUT2D eigenvalue weighted by Crippen LogP contribution is 2.36. The summed E-state index contributed by atoms with van der Waals surface area (Å²) in [4.78, 5) is 0. The maximum atomic E-state index is 6.03.